The van der Waals surface area contributed by atoms with Gasteiger partial charge < -0.3 is 0 Å². The Balaban J connectivity index is 2.95. The van der Waals surface area contributed by atoms with Crippen molar-refractivity contribution in [2.24, 2.45) is 0 Å². The fraction of sp³-hybridized carbons (Fsp3) is 0.583. The Morgan fingerprint density at radius 2 is 1.85 bits per heavy atom. The fourth-order valence-electron chi connectivity index (χ4n) is 1.74. The van der Waals surface area contributed by atoms with Crippen molar-refractivity contribution in [3.63, 3.8) is 0 Å². The Bertz CT molecular complexity index is 266. The normalized spacial score (nSPS) is 10.4. The van der Waals surface area contributed by atoms with Crippen molar-refractivity contribution in [2.45, 2.75) is 46.5 Å². The molecule has 1 aromatic rings. The van der Waals surface area contributed by atoms with E-state index in [1.54, 1.807) is 0 Å². The van der Waals surface area contributed by atoms with Gasteiger partial charge in [-0.1, -0.05) is 26.7 Å². The second kappa shape index (κ2) is 5.00. The number of aromatic nitrogens is 1. The number of rotatable bonds is 4. The molecule has 0 bridgehead atoms. The van der Waals surface area contributed by atoms with Crippen LogP contribution in [-0.4, -0.2) is 4.98 Å². The molecule has 0 aliphatic rings. The van der Waals surface area contributed by atoms with E-state index < -0.39 is 0 Å². The summed E-state index contributed by atoms with van der Waals surface area (Å²) in [7, 11) is 0. The lowest BCUT2D eigenvalue weighted by Gasteiger charge is -2.09. The van der Waals surface area contributed by atoms with E-state index in [0.717, 1.165) is 0 Å². The highest BCUT2D eigenvalue weighted by atomic mass is 14.7. The maximum atomic E-state index is 4.34. The zero-order chi connectivity index (χ0) is 9.68. The van der Waals surface area contributed by atoms with Crippen LogP contribution >= 0.6 is 0 Å². The summed E-state index contributed by atoms with van der Waals surface area (Å²) < 4.78 is 0. The lowest BCUT2D eigenvalue weighted by Crippen LogP contribution is -1.99. The topological polar surface area (TPSA) is 12.9 Å². The van der Waals surface area contributed by atoms with Crippen molar-refractivity contribution in [3.8, 4) is 0 Å². The number of hydrogen-bond donors (Lipinski definition) is 0. The quantitative estimate of drug-likeness (QED) is 0.687. The first kappa shape index (κ1) is 10.2. The molecule has 13 heavy (non-hydrogen) atoms. The van der Waals surface area contributed by atoms with Gasteiger partial charge in [-0.15, -0.1) is 0 Å². The van der Waals surface area contributed by atoms with E-state index in [0.29, 0.717) is 0 Å². The first-order chi connectivity index (χ1) is 6.29. The SMILES string of the molecule is CCCc1ccnc(C)c1CCC. The van der Waals surface area contributed by atoms with Crippen molar-refractivity contribution in [1.29, 1.82) is 0 Å². The Morgan fingerprint density at radius 1 is 1.15 bits per heavy atom. The average Bonchev–Trinajstić information content (AvgIpc) is 2.11. The first-order valence-corrected chi connectivity index (χ1v) is 5.23. The molecule has 0 spiro atoms. The third kappa shape index (κ3) is 2.55. The predicted octanol–water partition coefficient (Wildman–Crippen LogP) is 3.30. The molecule has 0 amide bonds. The van der Waals surface area contributed by atoms with Crippen LogP contribution in [-0.2, 0) is 12.8 Å². The molecule has 0 atom stereocenters. The van der Waals surface area contributed by atoms with Gasteiger partial charge in [-0.05, 0) is 37.0 Å². The molecule has 1 aromatic heterocycles. The molecular formula is C12H19N. The van der Waals surface area contributed by atoms with Gasteiger partial charge in [0.05, 0.1) is 0 Å². The van der Waals surface area contributed by atoms with Crippen molar-refractivity contribution >= 4 is 0 Å². The minimum atomic E-state index is 1.18. The van der Waals surface area contributed by atoms with Gasteiger partial charge in [0, 0.05) is 11.9 Å². The van der Waals surface area contributed by atoms with Crippen molar-refractivity contribution in [2.75, 3.05) is 0 Å². The summed E-state index contributed by atoms with van der Waals surface area (Å²) in [6.07, 6.45) is 6.73. The number of nitrogens with zero attached hydrogens (tertiary/aromatic N) is 1. The third-order valence-electron chi connectivity index (χ3n) is 2.39. The molecule has 0 unspecified atom stereocenters. The Hall–Kier alpha value is -0.850. The third-order valence-corrected chi connectivity index (χ3v) is 2.39. The summed E-state index contributed by atoms with van der Waals surface area (Å²) in [6.45, 7) is 6.57. The second-order valence-electron chi connectivity index (χ2n) is 3.53. The second-order valence-corrected chi connectivity index (χ2v) is 3.53. The molecule has 1 heteroatoms. The number of aryl methyl sites for hydroxylation is 2. The standard InChI is InChI=1S/C12H19N/c1-4-6-11-8-9-13-10(3)12(11)7-5-2/h8-9H,4-7H2,1-3H3. The summed E-state index contributed by atoms with van der Waals surface area (Å²) in [5.41, 5.74) is 4.19. The molecule has 0 aliphatic carbocycles. The molecule has 1 heterocycles. The van der Waals surface area contributed by atoms with Crippen LogP contribution in [0.3, 0.4) is 0 Å². The van der Waals surface area contributed by atoms with E-state index in [9.17, 15) is 0 Å². The highest BCUT2D eigenvalue weighted by molar-refractivity contribution is 5.29. The van der Waals surface area contributed by atoms with E-state index in [1.165, 1.54) is 42.5 Å². The largest absolute Gasteiger partial charge is 0.261 e. The van der Waals surface area contributed by atoms with Crippen molar-refractivity contribution in [1.82, 2.24) is 4.98 Å². The summed E-state index contributed by atoms with van der Waals surface area (Å²) in [5, 5.41) is 0. The molecule has 0 radical (unpaired) electrons. The van der Waals surface area contributed by atoms with Crippen LogP contribution in [0.25, 0.3) is 0 Å². The smallest absolute Gasteiger partial charge is 0.0407 e. The van der Waals surface area contributed by atoms with Crippen molar-refractivity contribution in [3.05, 3.63) is 29.1 Å². The lowest BCUT2D eigenvalue weighted by atomic mass is 9.99. The van der Waals surface area contributed by atoms with Gasteiger partial charge in [-0.2, -0.15) is 0 Å². The predicted molar refractivity (Wildman–Crippen MR) is 57.0 cm³/mol. The van der Waals surface area contributed by atoms with Gasteiger partial charge >= 0.3 is 0 Å². The first-order valence-electron chi connectivity index (χ1n) is 5.23. The van der Waals surface area contributed by atoms with Crippen LogP contribution in [0.5, 0.6) is 0 Å². The fourth-order valence-corrected chi connectivity index (χ4v) is 1.74. The van der Waals surface area contributed by atoms with Crippen LogP contribution in [0, 0.1) is 6.92 Å². The summed E-state index contributed by atoms with van der Waals surface area (Å²) in [5.74, 6) is 0. The summed E-state index contributed by atoms with van der Waals surface area (Å²) in [4.78, 5) is 4.34. The van der Waals surface area contributed by atoms with Gasteiger partial charge in [0.1, 0.15) is 0 Å². The molecular weight excluding hydrogens is 158 g/mol. The van der Waals surface area contributed by atoms with Crippen LogP contribution in [0.1, 0.15) is 43.5 Å². The monoisotopic (exact) mass is 177 g/mol. The molecule has 72 valence electrons. The molecule has 1 nitrogen and oxygen atoms in total. The highest BCUT2D eigenvalue weighted by Gasteiger charge is 2.04. The lowest BCUT2D eigenvalue weighted by molar-refractivity contribution is 0.841. The Labute approximate surface area is 81.2 Å². The molecule has 0 saturated carbocycles. The van der Waals surface area contributed by atoms with Crippen LogP contribution in [0.2, 0.25) is 0 Å². The minimum absolute atomic E-state index is 1.18. The maximum absolute atomic E-state index is 4.34. The van der Waals surface area contributed by atoms with Gasteiger partial charge in [0.2, 0.25) is 0 Å². The highest BCUT2D eigenvalue weighted by Crippen LogP contribution is 2.15. The maximum Gasteiger partial charge on any atom is 0.0407 e. The van der Waals surface area contributed by atoms with E-state index in [1.807, 2.05) is 6.20 Å². The van der Waals surface area contributed by atoms with E-state index in [2.05, 4.69) is 31.8 Å². The number of pyridine rings is 1. The summed E-state index contributed by atoms with van der Waals surface area (Å²) >= 11 is 0. The Morgan fingerprint density at radius 3 is 2.46 bits per heavy atom. The molecule has 0 aliphatic heterocycles. The molecule has 0 aromatic carbocycles. The van der Waals surface area contributed by atoms with Gasteiger partial charge in [0.15, 0.2) is 0 Å². The van der Waals surface area contributed by atoms with Crippen LogP contribution in [0.4, 0.5) is 0 Å². The zero-order valence-corrected chi connectivity index (χ0v) is 8.93. The summed E-state index contributed by atoms with van der Waals surface area (Å²) in [6, 6.07) is 2.17. The van der Waals surface area contributed by atoms with Gasteiger partial charge in [-0.25, -0.2) is 0 Å². The van der Waals surface area contributed by atoms with E-state index in [-0.39, 0.29) is 0 Å². The zero-order valence-electron chi connectivity index (χ0n) is 8.93. The van der Waals surface area contributed by atoms with E-state index >= 15 is 0 Å². The number of hydrogen-bond acceptors (Lipinski definition) is 1. The molecule has 0 N–H and O–H groups in total. The van der Waals surface area contributed by atoms with Gasteiger partial charge in [-0.3, -0.25) is 4.98 Å². The minimum Gasteiger partial charge on any atom is -0.261 e. The average molecular weight is 177 g/mol. The van der Waals surface area contributed by atoms with Crippen LogP contribution < -0.4 is 0 Å². The molecule has 0 saturated heterocycles. The van der Waals surface area contributed by atoms with Crippen molar-refractivity contribution < 1.29 is 0 Å². The Kier molecular flexibility index (Phi) is 3.94. The van der Waals surface area contributed by atoms with Gasteiger partial charge in [0.25, 0.3) is 0 Å². The van der Waals surface area contributed by atoms with Crippen LogP contribution in [0.15, 0.2) is 12.3 Å². The molecule has 0 fully saturated rings. The van der Waals surface area contributed by atoms with E-state index in [4.69, 9.17) is 0 Å². The molecule has 1 rings (SSSR count).